The second kappa shape index (κ2) is 5.47. The van der Waals surface area contributed by atoms with Gasteiger partial charge < -0.3 is 14.9 Å². The van der Waals surface area contributed by atoms with Crippen molar-refractivity contribution in [3.8, 4) is 0 Å². The van der Waals surface area contributed by atoms with Crippen molar-refractivity contribution in [2.45, 2.75) is 27.2 Å². The molecule has 0 aliphatic heterocycles. The molecule has 0 saturated heterocycles. The third kappa shape index (κ3) is 3.05. The van der Waals surface area contributed by atoms with Gasteiger partial charge in [0.1, 0.15) is 11.3 Å². The van der Waals surface area contributed by atoms with E-state index in [0.717, 1.165) is 0 Å². The Kier molecular flexibility index (Phi) is 4.25. The van der Waals surface area contributed by atoms with Crippen molar-refractivity contribution in [1.82, 2.24) is 10.5 Å². The molecular formula is C11H16N2O4. The molecule has 6 heteroatoms. The van der Waals surface area contributed by atoms with Crippen LogP contribution in [0.3, 0.4) is 0 Å². The fourth-order valence-corrected chi connectivity index (χ4v) is 1.37. The van der Waals surface area contributed by atoms with E-state index in [9.17, 15) is 9.59 Å². The maximum absolute atomic E-state index is 11.8. The van der Waals surface area contributed by atoms with E-state index in [0.29, 0.717) is 23.4 Å². The second-order valence-corrected chi connectivity index (χ2v) is 3.86. The third-order valence-corrected chi connectivity index (χ3v) is 2.49. The quantitative estimate of drug-likeness (QED) is 0.800. The van der Waals surface area contributed by atoms with Gasteiger partial charge in [-0.3, -0.25) is 9.59 Å². The molecule has 0 bridgehead atoms. The lowest BCUT2D eigenvalue weighted by Crippen LogP contribution is -2.32. The van der Waals surface area contributed by atoms with Crippen LogP contribution >= 0.6 is 0 Å². The Hall–Kier alpha value is -1.85. The number of carboxylic acid groups (broad SMARTS) is 1. The number of carboxylic acids is 1. The highest BCUT2D eigenvalue weighted by atomic mass is 16.5. The number of hydrogen-bond donors (Lipinski definition) is 2. The number of nitrogens with one attached hydrogen (secondary N) is 1. The molecule has 1 heterocycles. The Balaban J connectivity index is 2.70. The molecule has 1 aromatic rings. The Labute approximate surface area is 99.0 Å². The summed E-state index contributed by atoms with van der Waals surface area (Å²) in [5.41, 5.74) is 0.994. The first-order chi connectivity index (χ1) is 7.97. The number of amides is 1. The normalized spacial score (nSPS) is 12.2. The van der Waals surface area contributed by atoms with E-state index >= 15 is 0 Å². The molecule has 1 amide bonds. The van der Waals surface area contributed by atoms with Crippen LogP contribution in [0.15, 0.2) is 4.52 Å². The lowest BCUT2D eigenvalue weighted by Gasteiger charge is -2.08. The van der Waals surface area contributed by atoms with E-state index < -0.39 is 11.9 Å². The van der Waals surface area contributed by atoms with Crippen LogP contribution in [0.25, 0.3) is 0 Å². The molecule has 0 aliphatic carbocycles. The van der Waals surface area contributed by atoms with Crippen LogP contribution in [0.1, 0.15) is 35.7 Å². The molecule has 0 spiro atoms. The summed E-state index contributed by atoms with van der Waals surface area (Å²) in [5.74, 6) is -1.46. The fourth-order valence-electron chi connectivity index (χ4n) is 1.37. The molecule has 1 unspecified atom stereocenters. The maximum Gasteiger partial charge on any atom is 0.308 e. The highest BCUT2D eigenvalue weighted by Crippen LogP contribution is 2.13. The minimum absolute atomic E-state index is 0.0853. The Morgan fingerprint density at radius 2 is 2.18 bits per heavy atom. The zero-order valence-corrected chi connectivity index (χ0v) is 10.1. The lowest BCUT2D eigenvalue weighted by atomic mass is 10.1. The van der Waals surface area contributed by atoms with Crippen LogP contribution in [0.5, 0.6) is 0 Å². The number of aryl methyl sites for hydroxylation is 2. The molecule has 0 saturated carbocycles. The molecule has 17 heavy (non-hydrogen) atoms. The van der Waals surface area contributed by atoms with Crippen LogP contribution in [0.2, 0.25) is 0 Å². The van der Waals surface area contributed by atoms with E-state index in [-0.39, 0.29) is 12.5 Å². The predicted octanol–water partition coefficient (Wildman–Crippen LogP) is 0.996. The van der Waals surface area contributed by atoms with Gasteiger partial charge in [-0.05, 0) is 13.3 Å². The van der Waals surface area contributed by atoms with Crippen molar-refractivity contribution in [2.75, 3.05) is 6.54 Å². The zero-order chi connectivity index (χ0) is 13.0. The first-order valence-electron chi connectivity index (χ1n) is 5.43. The first kappa shape index (κ1) is 13.2. The molecule has 2 N–H and O–H groups in total. The number of rotatable bonds is 5. The molecule has 0 aromatic carbocycles. The number of carbonyl (C=O) groups is 2. The lowest BCUT2D eigenvalue weighted by molar-refractivity contribution is -0.140. The Morgan fingerprint density at radius 3 is 2.71 bits per heavy atom. The van der Waals surface area contributed by atoms with E-state index in [1.54, 1.807) is 6.92 Å². The smallest absolute Gasteiger partial charge is 0.308 e. The largest absolute Gasteiger partial charge is 0.481 e. The van der Waals surface area contributed by atoms with Crippen molar-refractivity contribution >= 4 is 11.9 Å². The molecule has 0 fully saturated rings. The van der Waals surface area contributed by atoms with Gasteiger partial charge >= 0.3 is 5.97 Å². The summed E-state index contributed by atoms with van der Waals surface area (Å²) in [6.45, 7) is 5.14. The Morgan fingerprint density at radius 1 is 1.53 bits per heavy atom. The van der Waals surface area contributed by atoms with Crippen molar-refractivity contribution < 1.29 is 19.2 Å². The summed E-state index contributed by atoms with van der Waals surface area (Å²) in [6, 6.07) is 0. The third-order valence-electron chi connectivity index (χ3n) is 2.49. The molecule has 0 aliphatic rings. The van der Waals surface area contributed by atoms with Gasteiger partial charge in [0.05, 0.1) is 11.6 Å². The van der Waals surface area contributed by atoms with Gasteiger partial charge in [-0.2, -0.15) is 0 Å². The summed E-state index contributed by atoms with van der Waals surface area (Å²) in [4.78, 5) is 22.4. The number of hydrogen-bond acceptors (Lipinski definition) is 4. The van der Waals surface area contributed by atoms with Crippen molar-refractivity contribution in [1.29, 1.82) is 0 Å². The van der Waals surface area contributed by atoms with Crippen LogP contribution < -0.4 is 5.32 Å². The van der Waals surface area contributed by atoms with E-state index in [2.05, 4.69) is 10.5 Å². The summed E-state index contributed by atoms with van der Waals surface area (Å²) < 4.78 is 4.93. The Bertz CT molecular complexity index is 425. The van der Waals surface area contributed by atoms with Crippen molar-refractivity contribution in [3.63, 3.8) is 0 Å². The molecule has 94 valence electrons. The summed E-state index contributed by atoms with van der Waals surface area (Å²) in [7, 11) is 0. The SMILES string of the molecule is CCc1noc(C)c1C(=O)NCC(C)C(=O)O. The van der Waals surface area contributed by atoms with E-state index in [1.807, 2.05) is 6.92 Å². The number of aromatic nitrogens is 1. The summed E-state index contributed by atoms with van der Waals surface area (Å²) in [6.07, 6.45) is 0.592. The van der Waals surface area contributed by atoms with Gasteiger partial charge in [-0.25, -0.2) is 0 Å². The average Bonchev–Trinajstić information content (AvgIpc) is 2.66. The van der Waals surface area contributed by atoms with Gasteiger partial charge in [0.25, 0.3) is 5.91 Å². The molecular weight excluding hydrogens is 224 g/mol. The van der Waals surface area contributed by atoms with Crippen LogP contribution in [-0.2, 0) is 11.2 Å². The molecule has 1 aromatic heterocycles. The van der Waals surface area contributed by atoms with Gasteiger partial charge in [0, 0.05) is 6.54 Å². The van der Waals surface area contributed by atoms with Crippen molar-refractivity contribution in [3.05, 3.63) is 17.0 Å². The van der Waals surface area contributed by atoms with E-state index in [1.165, 1.54) is 6.92 Å². The van der Waals surface area contributed by atoms with Crippen LogP contribution in [0.4, 0.5) is 0 Å². The van der Waals surface area contributed by atoms with Gasteiger partial charge in [-0.15, -0.1) is 0 Å². The molecule has 1 atom stereocenters. The van der Waals surface area contributed by atoms with Crippen LogP contribution in [0, 0.1) is 12.8 Å². The summed E-state index contributed by atoms with van der Waals surface area (Å²) in [5, 5.41) is 15.0. The van der Waals surface area contributed by atoms with Gasteiger partial charge in [-0.1, -0.05) is 19.0 Å². The number of aliphatic carboxylic acids is 1. The van der Waals surface area contributed by atoms with Gasteiger partial charge in [0.15, 0.2) is 0 Å². The maximum atomic E-state index is 11.8. The highest BCUT2D eigenvalue weighted by Gasteiger charge is 2.20. The second-order valence-electron chi connectivity index (χ2n) is 3.86. The molecule has 0 radical (unpaired) electrons. The topological polar surface area (TPSA) is 92.4 Å². The highest BCUT2D eigenvalue weighted by molar-refractivity contribution is 5.96. The number of nitrogens with zero attached hydrogens (tertiary/aromatic N) is 1. The molecule has 6 nitrogen and oxygen atoms in total. The molecule has 1 rings (SSSR count). The first-order valence-corrected chi connectivity index (χ1v) is 5.43. The fraction of sp³-hybridized carbons (Fsp3) is 0.545. The standard InChI is InChI=1S/C11H16N2O4/c1-4-8-9(7(3)17-13-8)10(14)12-5-6(2)11(15)16/h6H,4-5H2,1-3H3,(H,12,14)(H,15,16). The minimum atomic E-state index is -0.942. The van der Waals surface area contributed by atoms with Crippen molar-refractivity contribution in [2.24, 2.45) is 5.92 Å². The predicted molar refractivity (Wildman–Crippen MR) is 59.8 cm³/mol. The number of carbonyl (C=O) groups excluding carboxylic acids is 1. The van der Waals surface area contributed by atoms with E-state index in [4.69, 9.17) is 9.63 Å². The zero-order valence-electron chi connectivity index (χ0n) is 10.1. The summed E-state index contributed by atoms with van der Waals surface area (Å²) >= 11 is 0. The van der Waals surface area contributed by atoms with Crippen LogP contribution in [-0.4, -0.2) is 28.7 Å². The minimum Gasteiger partial charge on any atom is -0.481 e. The average molecular weight is 240 g/mol. The monoisotopic (exact) mass is 240 g/mol. The van der Waals surface area contributed by atoms with Gasteiger partial charge in [0.2, 0.25) is 0 Å².